The number of para-hydroxylation sites is 1. The number of nitrogens with one attached hydrogen (secondary N) is 1. The van der Waals surface area contributed by atoms with Crippen molar-refractivity contribution in [2.24, 2.45) is 5.73 Å². The number of hydrogen-bond donors (Lipinski definition) is 2. The van der Waals surface area contributed by atoms with E-state index in [1.807, 2.05) is 47.0 Å². The molecule has 3 N–H and O–H groups in total. The van der Waals surface area contributed by atoms with Gasteiger partial charge in [0.15, 0.2) is 11.0 Å². The number of nitrogens with two attached hydrogens (primary N) is 1. The van der Waals surface area contributed by atoms with Crippen LogP contribution in [0.3, 0.4) is 0 Å². The zero-order chi connectivity index (χ0) is 22.5. The molecule has 0 bridgehead atoms. The number of primary amides is 1. The SMILES string of the molecule is COc1ccc(-c2nnc(S[C@H](C)C(=O)NC(N)=O)n2-c2ccccc2C(C)C)cc1. The Morgan fingerprint density at radius 3 is 2.35 bits per heavy atom. The molecule has 0 unspecified atom stereocenters. The van der Waals surface area contributed by atoms with Crippen molar-refractivity contribution < 1.29 is 14.3 Å². The molecule has 2 aromatic carbocycles. The van der Waals surface area contributed by atoms with Gasteiger partial charge in [-0.3, -0.25) is 14.7 Å². The van der Waals surface area contributed by atoms with E-state index in [2.05, 4.69) is 35.4 Å². The van der Waals surface area contributed by atoms with Crippen LogP contribution in [0, 0.1) is 0 Å². The fourth-order valence-corrected chi connectivity index (χ4v) is 3.96. The third-order valence-electron chi connectivity index (χ3n) is 4.68. The predicted molar refractivity (Wildman–Crippen MR) is 120 cm³/mol. The summed E-state index contributed by atoms with van der Waals surface area (Å²) >= 11 is 1.20. The number of imide groups is 1. The molecular formula is C22H25N5O3S. The molecule has 0 aliphatic rings. The van der Waals surface area contributed by atoms with E-state index in [1.54, 1.807) is 14.0 Å². The Bertz CT molecular complexity index is 1080. The van der Waals surface area contributed by atoms with Gasteiger partial charge < -0.3 is 10.5 Å². The second kappa shape index (κ2) is 9.65. The van der Waals surface area contributed by atoms with Crippen LogP contribution in [0.2, 0.25) is 0 Å². The first-order chi connectivity index (χ1) is 14.8. The maximum atomic E-state index is 12.2. The molecule has 3 aromatic rings. The minimum Gasteiger partial charge on any atom is -0.497 e. The van der Waals surface area contributed by atoms with Crippen molar-refractivity contribution in [1.29, 1.82) is 0 Å². The maximum Gasteiger partial charge on any atom is 0.318 e. The molecule has 3 rings (SSSR count). The van der Waals surface area contributed by atoms with Gasteiger partial charge in [0.05, 0.1) is 18.0 Å². The molecule has 0 radical (unpaired) electrons. The molecule has 0 saturated carbocycles. The first-order valence-corrected chi connectivity index (χ1v) is 10.7. The Kier molecular flexibility index (Phi) is 6.96. The number of ether oxygens (including phenoxy) is 1. The summed E-state index contributed by atoms with van der Waals surface area (Å²) < 4.78 is 7.20. The number of carbonyl (C=O) groups excluding carboxylic acids is 2. The van der Waals surface area contributed by atoms with Gasteiger partial charge in [0, 0.05) is 5.56 Å². The van der Waals surface area contributed by atoms with Crippen molar-refractivity contribution in [3.63, 3.8) is 0 Å². The third kappa shape index (κ3) is 5.05. The van der Waals surface area contributed by atoms with Crippen LogP contribution in [0.4, 0.5) is 4.79 Å². The van der Waals surface area contributed by atoms with Gasteiger partial charge >= 0.3 is 6.03 Å². The molecule has 0 spiro atoms. The maximum absolute atomic E-state index is 12.2. The van der Waals surface area contributed by atoms with E-state index in [0.717, 1.165) is 22.6 Å². The van der Waals surface area contributed by atoms with E-state index in [4.69, 9.17) is 10.5 Å². The van der Waals surface area contributed by atoms with Gasteiger partial charge in [-0.15, -0.1) is 10.2 Å². The second-order valence-corrected chi connectivity index (χ2v) is 8.51. The van der Waals surface area contributed by atoms with Crippen molar-refractivity contribution in [2.75, 3.05) is 7.11 Å². The number of methoxy groups -OCH3 is 1. The largest absolute Gasteiger partial charge is 0.497 e. The molecule has 3 amide bonds. The highest BCUT2D eigenvalue weighted by Gasteiger charge is 2.24. The smallest absolute Gasteiger partial charge is 0.318 e. The molecule has 0 aliphatic heterocycles. The quantitative estimate of drug-likeness (QED) is 0.542. The van der Waals surface area contributed by atoms with E-state index >= 15 is 0 Å². The number of thioether (sulfide) groups is 1. The van der Waals surface area contributed by atoms with E-state index in [1.165, 1.54) is 11.8 Å². The molecule has 9 heteroatoms. The number of carbonyl (C=O) groups is 2. The molecule has 162 valence electrons. The van der Waals surface area contributed by atoms with Crippen LogP contribution in [0.15, 0.2) is 53.7 Å². The summed E-state index contributed by atoms with van der Waals surface area (Å²) in [5.74, 6) is 1.15. The summed E-state index contributed by atoms with van der Waals surface area (Å²) in [5, 5.41) is 10.8. The van der Waals surface area contributed by atoms with Crippen LogP contribution < -0.4 is 15.8 Å². The van der Waals surface area contributed by atoms with Crippen LogP contribution in [0.5, 0.6) is 5.75 Å². The predicted octanol–water partition coefficient (Wildman–Crippen LogP) is 3.74. The first kappa shape index (κ1) is 22.4. The molecule has 1 atom stereocenters. The summed E-state index contributed by atoms with van der Waals surface area (Å²) in [6, 6.07) is 14.7. The Morgan fingerprint density at radius 2 is 1.74 bits per heavy atom. The molecule has 0 fully saturated rings. The van der Waals surface area contributed by atoms with Gasteiger partial charge in [-0.05, 0) is 48.7 Å². The van der Waals surface area contributed by atoms with E-state index in [9.17, 15) is 9.59 Å². The average molecular weight is 440 g/mol. The lowest BCUT2D eigenvalue weighted by Crippen LogP contribution is -2.39. The van der Waals surface area contributed by atoms with Gasteiger partial charge in [-0.1, -0.05) is 43.8 Å². The molecule has 1 heterocycles. The van der Waals surface area contributed by atoms with Gasteiger partial charge in [-0.2, -0.15) is 0 Å². The van der Waals surface area contributed by atoms with Gasteiger partial charge in [0.1, 0.15) is 5.75 Å². The number of aromatic nitrogens is 3. The average Bonchev–Trinajstić information content (AvgIpc) is 3.16. The molecule has 0 aliphatic carbocycles. The number of hydrogen-bond acceptors (Lipinski definition) is 6. The number of rotatable bonds is 7. The van der Waals surface area contributed by atoms with Gasteiger partial charge in [0.2, 0.25) is 5.91 Å². The minimum atomic E-state index is -0.886. The van der Waals surface area contributed by atoms with E-state index in [-0.39, 0.29) is 5.92 Å². The number of amides is 3. The lowest BCUT2D eigenvalue weighted by Gasteiger charge is -2.18. The van der Waals surface area contributed by atoms with Crippen LogP contribution in [-0.2, 0) is 4.79 Å². The number of urea groups is 1. The van der Waals surface area contributed by atoms with Crippen molar-refractivity contribution in [3.05, 3.63) is 54.1 Å². The molecule has 31 heavy (non-hydrogen) atoms. The first-order valence-electron chi connectivity index (χ1n) is 9.78. The Hall–Kier alpha value is -3.33. The topological polar surface area (TPSA) is 112 Å². The van der Waals surface area contributed by atoms with Crippen molar-refractivity contribution >= 4 is 23.7 Å². The fraction of sp³-hybridized carbons (Fsp3) is 0.273. The van der Waals surface area contributed by atoms with Crippen molar-refractivity contribution in [1.82, 2.24) is 20.1 Å². The molecule has 1 aromatic heterocycles. The lowest BCUT2D eigenvalue weighted by atomic mass is 10.0. The number of benzene rings is 2. The summed E-state index contributed by atoms with van der Waals surface area (Å²) in [6.45, 7) is 5.92. The Morgan fingerprint density at radius 1 is 1.06 bits per heavy atom. The van der Waals surface area contributed by atoms with Gasteiger partial charge in [-0.25, -0.2) is 4.79 Å². The highest BCUT2D eigenvalue weighted by Crippen LogP contribution is 2.34. The summed E-state index contributed by atoms with van der Waals surface area (Å²) in [6.07, 6.45) is 0. The highest BCUT2D eigenvalue weighted by molar-refractivity contribution is 8.00. The number of nitrogens with zero attached hydrogens (tertiary/aromatic N) is 3. The van der Waals surface area contributed by atoms with Crippen molar-refractivity contribution in [3.8, 4) is 22.8 Å². The van der Waals surface area contributed by atoms with Crippen molar-refractivity contribution in [2.45, 2.75) is 37.1 Å². The fourth-order valence-electron chi connectivity index (χ4n) is 3.10. The summed E-state index contributed by atoms with van der Waals surface area (Å²) in [7, 11) is 1.61. The summed E-state index contributed by atoms with van der Waals surface area (Å²) in [4.78, 5) is 23.3. The Labute approximate surface area is 185 Å². The standard InChI is InChI=1S/C22H25N5O3S/c1-13(2)17-7-5-6-8-18(17)27-19(15-9-11-16(30-4)12-10-15)25-26-22(27)31-14(3)20(28)24-21(23)29/h5-14H,1-4H3,(H3,23,24,28,29)/t14-/m1/s1. The summed E-state index contributed by atoms with van der Waals surface area (Å²) in [5.41, 5.74) is 7.98. The van der Waals surface area contributed by atoms with Crippen LogP contribution in [-0.4, -0.2) is 39.1 Å². The highest BCUT2D eigenvalue weighted by atomic mass is 32.2. The van der Waals surface area contributed by atoms with E-state index in [0.29, 0.717) is 11.0 Å². The van der Waals surface area contributed by atoms with E-state index < -0.39 is 17.2 Å². The normalized spacial score (nSPS) is 11.9. The zero-order valence-corrected chi connectivity index (χ0v) is 18.6. The minimum absolute atomic E-state index is 0.260. The van der Waals surface area contributed by atoms with Gasteiger partial charge in [0.25, 0.3) is 0 Å². The van der Waals surface area contributed by atoms with Crippen LogP contribution in [0.1, 0.15) is 32.3 Å². The molecular weight excluding hydrogens is 414 g/mol. The van der Waals surface area contributed by atoms with Crippen LogP contribution >= 0.6 is 11.8 Å². The molecule has 8 nitrogen and oxygen atoms in total. The second-order valence-electron chi connectivity index (χ2n) is 7.20. The monoisotopic (exact) mass is 439 g/mol. The Balaban J connectivity index is 2.11. The lowest BCUT2D eigenvalue weighted by molar-refractivity contribution is -0.119. The third-order valence-corrected chi connectivity index (χ3v) is 5.72. The zero-order valence-electron chi connectivity index (χ0n) is 17.8. The van der Waals surface area contributed by atoms with Crippen LogP contribution in [0.25, 0.3) is 17.1 Å². The molecule has 0 saturated heterocycles.